The first kappa shape index (κ1) is 12.7. The first-order valence-electron chi connectivity index (χ1n) is 7.17. The maximum Gasteiger partial charge on any atom is 0.0936 e. The van der Waals surface area contributed by atoms with E-state index in [2.05, 4.69) is 67.8 Å². The molecule has 2 aromatic carbocycles. The second kappa shape index (κ2) is 4.22. The SMILES string of the molecule is CC1(C)c2ccccc2-c2ccc(-c3ccsc3N)cc21. The summed E-state index contributed by atoms with van der Waals surface area (Å²) in [6, 6.07) is 17.6. The summed E-state index contributed by atoms with van der Waals surface area (Å²) in [5, 5.41) is 2.95. The Hall–Kier alpha value is -2.06. The monoisotopic (exact) mass is 291 g/mol. The van der Waals surface area contributed by atoms with Gasteiger partial charge in [0.1, 0.15) is 0 Å². The van der Waals surface area contributed by atoms with Gasteiger partial charge in [0.05, 0.1) is 5.00 Å². The van der Waals surface area contributed by atoms with Crippen LogP contribution >= 0.6 is 11.3 Å². The van der Waals surface area contributed by atoms with Crippen LogP contribution in [-0.4, -0.2) is 0 Å². The van der Waals surface area contributed by atoms with E-state index in [1.807, 2.05) is 0 Å². The van der Waals surface area contributed by atoms with Gasteiger partial charge in [-0.05, 0) is 45.3 Å². The first-order valence-corrected chi connectivity index (χ1v) is 8.05. The summed E-state index contributed by atoms with van der Waals surface area (Å²) < 4.78 is 0. The van der Waals surface area contributed by atoms with Gasteiger partial charge in [0, 0.05) is 11.0 Å². The Morgan fingerprint density at radius 2 is 1.62 bits per heavy atom. The van der Waals surface area contributed by atoms with E-state index in [0.29, 0.717) is 0 Å². The molecule has 0 saturated heterocycles. The topological polar surface area (TPSA) is 26.0 Å². The Morgan fingerprint density at radius 1 is 0.857 bits per heavy atom. The second-order valence-electron chi connectivity index (χ2n) is 6.13. The molecule has 4 rings (SSSR count). The highest BCUT2D eigenvalue weighted by atomic mass is 32.1. The summed E-state index contributed by atoms with van der Waals surface area (Å²) in [6.07, 6.45) is 0. The molecule has 104 valence electrons. The van der Waals surface area contributed by atoms with Crippen molar-refractivity contribution in [1.82, 2.24) is 0 Å². The normalized spacial score (nSPS) is 14.8. The molecule has 0 radical (unpaired) electrons. The molecular formula is C19H17NS. The Labute approximate surface area is 129 Å². The number of anilines is 1. The van der Waals surface area contributed by atoms with Crippen molar-refractivity contribution in [2.45, 2.75) is 19.3 Å². The fourth-order valence-electron chi connectivity index (χ4n) is 3.43. The molecule has 1 nitrogen and oxygen atoms in total. The van der Waals surface area contributed by atoms with E-state index in [1.165, 1.54) is 27.8 Å². The summed E-state index contributed by atoms with van der Waals surface area (Å²) in [5.74, 6) is 0. The summed E-state index contributed by atoms with van der Waals surface area (Å²) in [5.41, 5.74) is 14.0. The quantitative estimate of drug-likeness (QED) is 0.646. The summed E-state index contributed by atoms with van der Waals surface area (Å²) in [7, 11) is 0. The molecule has 2 heteroatoms. The molecule has 1 aliphatic carbocycles. The van der Waals surface area contributed by atoms with E-state index in [0.717, 1.165) is 10.6 Å². The van der Waals surface area contributed by atoms with Crippen LogP contribution in [0.4, 0.5) is 5.00 Å². The molecule has 1 aromatic heterocycles. The Morgan fingerprint density at radius 3 is 2.38 bits per heavy atom. The summed E-state index contributed by atoms with van der Waals surface area (Å²) in [4.78, 5) is 0. The van der Waals surface area contributed by atoms with Crippen molar-refractivity contribution < 1.29 is 0 Å². The fourth-order valence-corrected chi connectivity index (χ4v) is 4.09. The van der Waals surface area contributed by atoms with Gasteiger partial charge in [-0.1, -0.05) is 50.2 Å². The van der Waals surface area contributed by atoms with E-state index in [1.54, 1.807) is 11.3 Å². The Kier molecular flexibility index (Phi) is 2.54. The van der Waals surface area contributed by atoms with Gasteiger partial charge in [0.25, 0.3) is 0 Å². The zero-order valence-corrected chi connectivity index (χ0v) is 13.0. The van der Waals surface area contributed by atoms with Crippen LogP contribution in [0.1, 0.15) is 25.0 Å². The first-order chi connectivity index (χ1) is 10.1. The van der Waals surface area contributed by atoms with Crippen molar-refractivity contribution in [3.05, 3.63) is 65.0 Å². The van der Waals surface area contributed by atoms with Gasteiger partial charge in [0.2, 0.25) is 0 Å². The van der Waals surface area contributed by atoms with Crippen LogP contribution < -0.4 is 5.73 Å². The van der Waals surface area contributed by atoms with Crippen molar-refractivity contribution in [3.63, 3.8) is 0 Å². The van der Waals surface area contributed by atoms with Crippen molar-refractivity contribution in [3.8, 4) is 22.3 Å². The molecule has 0 amide bonds. The predicted octanol–water partition coefficient (Wildman–Crippen LogP) is 5.30. The van der Waals surface area contributed by atoms with E-state index >= 15 is 0 Å². The van der Waals surface area contributed by atoms with Crippen LogP contribution in [0.15, 0.2) is 53.9 Å². The molecule has 0 fully saturated rings. The van der Waals surface area contributed by atoms with Gasteiger partial charge < -0.3 is 5.73 Å². The second-order valence-corrected chi connectivity index (χ2v) is 7.08. The maximum atomic E-state index is 6.09. The highest BCUT2D eigenvalue weighted by Gasteiger charge is 2.35. The third-order valence-electron chi connectivity index (χ3n) is 4.59. The number of nitrogen functional groups attached to an aromatic ring is 1. The third kappa shape index (κ3) is 1.69. The number of hydrogen-bond acceptors (Lipinski definition) is 2. The minimum atomic E-state index is 0.0483. The van der Waals surface area contributed by atoms with E-state index < -0.39 is 0 Å². The van der Waals surface area contributed by atoms with Gasteiger partial charge in [-0.25, -0.2) is 0 Å². The molecule has 2 N–H and O–H groups in total. The smallest absolute Gasteiger partial charge is 0.0936 e. The molecule has 0 atom stereocenters. The lowest BCUT2D eigenvalue weighted by molar-refractivity contribution is 0.660. The minimum absolute atomic E-state index is 0.0483. The molecule has 1 heterocycles. The Bertz CT molecular complexity index is 842. The van der Waals surface area contributed by atoms with E-state index in [-0.39, 0.29) is 5.41 Å². The fraction of sp³-hybridized carbons (Fsp3) is 0.158. The van der Waals surface area contributed by atoms with Gasteiger partial charge in [-0.3, -0.25) is 0 Å². The molecule has 0 saturated carbocycles. The maximum absolute atomic E-state index is 6.09. The van der Waals surface area contributed by atoms with Crippen molar-refractivity contribution in [2.75, 3.05) is 5.73 Å². The van der Waals surface area contributed by atoms with Gasteiger partial charge in [-0.2, -0.15) is 0 Å². The lowest BCUT2D eigenvalue weighted by atomic mass is 9.81. The van der Waals surface area contributed by atoms with E-state index in [4.69, 9.17) is 5.73 Å². The zero-order valence-electron chi connectivity index (χ0n) is 12.2. The number of hydrogen-bond donors (Lipinski definition) is 1. The Balaban J connectivity index is 1.96. The van der Waals surface area contributed by atoms with Gasteiger partial charge >= 0.3 is 0 Å². The average molecular weight is 291 g/mol. The molecule has 3 aromatic rings. The standard InChI is InChI=1S/C19H17NS/c1-19(2)16-6-4-3-5-14(16)15-8-7-12(11-17(15)19)13-9-10-21-18(13)20/h3-11H,20H2,1-2H3. The highest BCUT2D eigenvalue weighted by molar-refractivity contribution is 7.14. The van der Waals surface area contributed by atoms with Gasteiger partial charge in [-0.15, -0.1) is 11.3 Å². The lowest BCUT2D eigenvalue weighted by Gasteiger charge is -2.21. The zero-order chi connectivity index (χ0) is 14.6. The molecule has 0 bridgehead atoms. The molecule has 1 aliphatic rings. The molecule has 21 heavy (non-hydrogen) atoms. The van der Waals surface area contributed by atoms with Crippen molar-refractivity contribution in [2.24, 2.45) is 0 Å². The van der Waals surface area contributed by atoms with Crippen LogP contribution in [0.5, 0.6) is 0 Å². The average Bonchev–Trinajstić information content (AvgIpc) is 3.01. The number of thiophene rings is 1. The number of benzene rings is 2. The highest BCUT2D eigenvalue weighted by Crippen LogP contribution is 2.49. The van der Waals surface area contributed by atoms with E-state index in [9.17, 15) is 0 Å². The van der Waals surface area contributed by atoms with Crippen LogP contribution in [0.25, 0.3) is 22.3 Å². The summed E-state index contributed by atoms with van der Waals surface area (Å²) >= 11 is 1.60. The summed E-state index contributed by atoms with van der Waals surface area (Å²) in [6.45, 7) is 4.61. The largest absolute Gasteiger partial charge is 0.390 e. The minimum Gasteiger partial charge on any atom is -0.390 e. The number of rotatable bonds is 1. The predicted molar refractivity (Wildman–Crippen MR) is 91.7 cm³/mol. The molecule has 0 spiro atoms. The van der Waals surface area contributed by atoms with Gasteiger partial charge in [0.15, 0.2) is 0 Å². The third-order valence-corrected chi connectivity index (χ3v) is 5.34. The van der Waals surface area contributed by atoms with Crippen LogP contribution in [0.2, 0.25) is 0 Å². The van der Waals surface area contributed by atoms with Crippen molar-refractivity contribution >= 4 is 16.3 Å². The van der Waals surface area contributed by atoms with Crippen LogP contribution in [0, 0.1) is 0 Å². The molecular weight excluding hydrogens is 274 g/mol. The lowest BCUT2D eigenvalue weighted by Crippen LogP contribution is -2.14. The molecule has 0 unspecified atom stereocenters. The van der Waals surface area contributed by atoms with Crippen LogP contribution in [-0.2, 0) is 5.41 Å². The number of fused-ring (bicyclic) bond motifs is 3. The molecule has 0 aliphatic heterocycles. The number of nitrogens with two attached hydrogens (primary N) is 1. The van der Waals surface area contributed by atoms with Crippen LogP contribution in [0.3, 0.4) is 0 Å². The van der Waals surface area contributed by atoms with Crippen molar-refractivity contribution in [1.29, 1.82) is 0 Å².